The van der Waals surface area contributed by atoms with Gasteiger partial charge < -0.3 is 10.1 Å². The second-order valence-corrected chi connectivity index (χ2v) is 6.20. The standard InChI is InChI=1S/C17H21NOS/c1-2-15(17-4-3-11-20-17)18-9-7-13-5-6-16-14(12-13)8-10-19-16/h3-6,11-12,15,18H,2,7-10H2,1H3. The van der Waals surface area contributed by atoms with Gasteiger partial charge in [-0.25, -0.2) is 0 Å². The van der Waals surface area contributed by atoms with Gasteiger partial charge in [0.25, 0.3) is 0 Å². The predicted molar refractivity (Wildman–Crippen MR) is 84.7 cm³/mol. The SMILES string of the molecule is CCC(NCCc1ccc2c(c1)CCO2)c1cccs1. The molecule has 0 spiro atoms. The van der Waals surface area contributed by atoms with E-state index in [-0.39, 0.29) is 0 Å². The summed E-state index contributed by atoms with van der Waals surface area (Å²) in [6.45, 7) is 4.10. The van der Waals surface area contributed by atoms with E-state index in [1.165, 1.54) is 16.0 Å². The van der Waals surface area contributed by atoms with Gasteiger partial charge in [-0.1, -0.05) is 25.1 Å². The van der Waals surface area contributed by atoms with Gasteiger partial charge in [0.05, 0.1) is 6.61 Å². The van der Waals surface area contributed by atoms with Crippen LogP contribution in [0.5, 0.6) is 5.75 Å². The Morgan fingerprint density at radius 1 is 1.35 bits per heavy atom. The molecule has 1 atom stereocenters. The Kier molecular flexibility index (Phi) is 4.38. The maximum absolute atomic E-state index is 5.55. The van der Waals surface area contributed by atoms with E-state index < -0.39 is 0 Å². The van der Waals surface area contributed by atoms with Crippen LogP contribution in [0.25, 0.3) is 0 Å². The molecule has 0 saturated heterocycles. The number of rotatable bonds is 6. The highest BCUT2D eigenvalue weighted by atomic mass is 32.1. The molecule has 1 aromatic carbocycles. The normalized spacial score (nSPS) is 14.8. The topological polar surface area (TPSA) is 21.3 Å². The number of thiophene rings is 1. The molecule has 1 aliphatic rings. The average molecular weight is 287 g/mol. The molecule has 0 saturated carbocycles. The van der Waals surface area contributed by atoms with Gasteiger partial charge in [-0.15, -0.1) is 11.3 Å². The molecule has 0 aliphatic carbocycles. The van der Waals surface area contributed by atoms with Crippen LogP contribution in [0.15, 0.2) is 35.7 Å². The molecular formula is C17H21NOS. The molecule has 3 heteroatoms. The van der Waals surface area contributed by atoms with Crippen LogP contribution in [0.2, 0.25) is 0 Å². The van der Waals surface area contributed by atoms with Crippen molar-refractivity contribution in [2.45, 2.75) is 32.2 Å². The van der Waals surface area contributed by atoms with Crippen molar-refractivity contribution in [3.05, 3.63) is 51.7 Å². The molecule has 2 aromatic rings. The van der Waals surface area contributed by atoms with Crippen LogP contribution in [0, 0.1) is 0 Å². The minimum atomic E-state index is 0.493. The molecule has 0 fully saturated rings. The van der Waals surface area contributed by atoms with Gasteiger partial charge >= 0.3 is 0 Å². The van der Waals surface area contributed by atoms with E-state index in [1.807, 2.05) is 11.3 Å². The van der Waals surface area contributed by atoms with Gasteiger partial charge in [0, 0.05) is 17.3 Å². The lowest BCUT2D eigenvalue weighted by Crippen LogP contribution is -2.22. The van der Waals surface area contributed by atoms with E-state index in [2.05, 4.69) is 48.0 Å². The second-order valence-electron chi connectivity index (χ2n) is 5.22. The van der Waals surface area contributed by atoms with E-state index in [0.29, 0.717) is 6.04 Å². The fourth-order valence-electron chi connectivity index (χ4n) is 2.72. The van der Waals surface area contributed by atoms with Gasteiger partial charge in [0.2, 0.25) is 0 Å². The lowest BCUT2D eigenvalue weighted by molar-refractivity contribution is 0.357. The third-order valence-corrected chi connectivity index (χ3v) is 4.84. The molecule has 0 bridgehead atoms. The van der Waals surface area contributed by atoms with Crippen molar-refractivity contribution in [3.8, 4) is 5.75 Å². The van der Waals surface area contributed by atoms with E-state index in [4.69, 9.17) is 4.74 Å². The van der Waals surface area contributed by atoms with Crippen LogP contribution >= 0.6 is 11.3 Å². The minimum Gasteiger partial charge on any atom is -0.493 e. The fourth-order valence-corrected chi connectivity index (χ4v) is 3.61. The monoisotopic (exact) mass is 287 g/mol. The first-order valence-electron chi connectivity index (χ1n) is 7.38. The molecule has 0 amide bonds. The van der Waals surface area contributed by atoms with Crippen molar-refractivity contribution in [1.29, 1.82) is 0 Å². The quantitative estimate of drug-likeness (QED) is 0.868. The van der Waals surface area contributed by atoms with Gasteiger partial charge in [0.15, 0.2) is 0 Å². The summed E-state index contributed by atoms with van der Waals surface area (Å²) in [6, 6.07) is 11.5. The van der Waals surface area contributed by atoms with Crippen molar-refractivity contribution in [3.63, 3.8) is 0 Å². The van der Waals surface area contributed by atoms with Crippen LogP contribution in [-0.4, -0.2) is 13.2 Å². The number of benzene rings is 1. The van der Waals surface area contributed by atoms with Crippen LogP contribution in [0.3, 0.4) is 0 Å². The summed E-state index contributed by atoms with van der Waals surface area (Å²) in [5, 5.41) is 5.82. The molecule has 2 heterocycles. The highest BCUT2D eigenvalue weighted by Gasteiger charge is 2.12. The Morgan fingerprint density at radius 3 is 3.10 bits per heavy atom. The highest BCUT2D eigenvalue weighted by Crippen LogP contribution is 2.26. The van der Waals surface area contributed by atoms with E-state index >= 15 is 0 Å². The summed E-state index contributed by atoms with van der Waals surface area (Å²) in [7, 11) is 0. The Hall–Kier alpha value is -1.32. The largest absolute Gasteiger partial charge is 0.493 e. The number of hydrogen-bond donors (Lipinski definition) is 1. The van der Waals surface area contributed by atoms with E-state index in [0.717, 1.165) is 38.2 Å². The Labute approximate surface area is 124 Å². The molecule has 106 valence electrons. The van der Waals surface area contributed by atoms with Gasteiger partial charge in [-0.05, 0) is 48.0 Å². The first-order valence-corrected chi connectivity index (χ1v) is 8.26. The smallest absolute Gasteiger partial charge is 0.122 e. The summed E-state index contributed by atoms with van der Waals surface area (Å²) < 4.78 is 5.55. The zero-order valence-corrected chi connectivity index (χ0v) is 12.7. The maximum Gasteiger partial charge on any atom is 0.122 e. The predicted octanol–water partition coefficient (Wildman–Crippen LogP) is 3.97. The molecule has 2 nitrogen and oxygen atoms in total. The third-order valence-electron chi connectivity index (χ3n) is 3.85. The van der Waals surface area contributed by atoms with Gasteiger partial charge in [0.1, 0.15) is 5.75 Å². The second kappa shape index (κ2) is 6.42. The highest BCUT2D eigenvalue weighted by molar-refractivity contribution is 7.10. The van der Waals surface area contributed by atoms with Gasteiger partial charge in [-0.3, -0.25) is 0 Å². The number of fused-ring (bicyclic) bond motifs is 1. The zero-order valence-electron chi connectivity index (χ0n) is 11.9. The summed E-state index contributed by atoms with van der Waals surface area (Å²) in [4.78, 5) is 1.44. The minimum absolute atomic E-state index is 0.493. The average Bonchev–Trinajstić information content (AvgIpc) is 3.14. The third kappa shape index (κ3) is 3.05. The molecule has 1 aromatic heterocycles. The summed E-state index contributed by atoms with van der Waals surface area (Å²) in [5.41, 5.74) is 2.77. The van der Waals surface area contributed by atoms with Crippen LogP contribution in [0.4, 0.5) is 0 Å². The fraction of sp³-hybridized carbons (Fsp3) is 0.412. The van der Waals surface area contributed by atoms with Crippen LogP contribution < -0.4 is 10.1 Å². The van der Waals surface area contributed by atoms with Crippen LogP contribution in [-0.2, 0) is 12.8 Å². The van der Waals surface area contributed by atoms with E-state index in [1.54, 1.807) is 0 Å². The van der Waals surface area contributed by atoms with Crippen molar-refractivity contribution >= 4 is 11.3 Å². The summed E-state index contributed by atoms with van der Waals surface area (Å²) in [5.74, 6) is 1.08. The molecule has 1 unspecified atom stereocenters. The Balaban J connectivity index is 1.54. The summed E-state index contributed by atoms with van der Waals surface area (Å²) in [6.07, 6.45) is 3.27. The molecule has 0 radical (unpaired) electrons. The molecular weight excluding hydrogens is 266 g/mol. The molecule has 1 N–H and O–H groups in total. The summed E-state index contributed by atoms with van der Waals surface area (Å²) >= 11 is 1.84. The Bertz CT molecular complexity index is 550. The van der Waals surface area contributed by atoms with Crippen molar-refractivity contribution < 1.29 is 4.74 Å². The Morgan fingerprint density at radius 2 is 2.30 bits per heavy atom. The molecule has 1 aliphatic heterocycles. The van der Waals surface area contributed by atoms with Crippen LogP contribution in [0.1, 0.15) is 35.4 Å². The van der Waals surface area contributed by atoms with Crippen molar-refractivity contribution in [2.24, 2.45) is 0 Å². The first-order chi connectivity index (χ1) is 9.86. The van der Waals surface area contributed by atoms with Gasteiger partial charge in [-0.2, -0.15) is 0 Å². The van der Waals surface area contributed by atoms with Crippen molar-refractivity contribution in [1.82, 2.24) is 5.32 Å². The van der Waals surface area contributed by atoms with Crippen molar-refractivity contribution in [2.75, 3.05) is 13.2 Å². The number of ether oxygens (including phenoxy) is 1. The first kappa shape index (κ1) is 13.7. The zero-order chi connectivity index (χ0) is 13.8. The number of nitrogens with one attached hydrogen (secondary N) is 1. The lowest BCUT2D eigenvalue weighted by atomic mass is 10.1. The molecule has 3 rings (SSSR count). The van der Waals surface area contributed by atoms with E-state index in [9.17, 15) is 0 Å². The number of hydrogen-bond acceptors (Lipinski definition) is 3. The maximum atomic E-state index is 5.55. The molecule has 20 heavy (non-hydrogen) atoms. The lowest BCUT2D eigenvalue weighted by Gasteiger charge is -2.15.